The molecule has 0 radical (unpaired) electrons. The first kappa shape index (κ1) is 19.5. The number of hydrogen-bond donors (Lipinski definition) is 0. The molecule has 0 spiro atoms. The van der Waals surface area contributed by atoms with Crippen molar-refractivity contribution in [3.05, 3.63) is 35.4 Å². The smallest absolute Gasteiger partial charge is 0.344 e. The number of hydrogen-bond acceptors (Lipinski definition) is 4. The molecule has 4 bridgehead atoms. The Kier molecular flexibility index (Phi) is 4.59. The maximum atomic E-state index is 13.2. The minimum atomic E-state index is -0.570. The lowest BCUT2D eigenvalue weighted by atomic mass is 9.43. The summed E-state index contributed by atoms with van der Waals surface area (Å²) < 4.78 is 10.8. The molecule has 4 nitrogen and oxygen atoms in total. The summed E-state index contributed by atoms with van der Waals surface area (Å²) >= 11 is 0. The first-order chi connectivity index (χ1) is 13.1. The normalized spacial score (nSPS) is 33.6. The van der Waals surface area contributed by atoms with Gasteiger partial charge in [-0.15, -0.1) is 0 Å². The number of carbonyl (C=O) groups is 2. The van der Waals surface area contributed by atoms with Gasteiger partial charge in [0.05, 0.1) is 5.41 Å². The van der Waals surface area contributed by atoms with E-state index in [1.165, 1.54) is 30.4 Å². The van der Waals surface area contributed by atoms with E-state index in [2.05, 4.69) is 31.2 Å². The van der Waals surface area contributed by atoms with Crippen LogP contribution in [-0.4, -0.2) is 24.1 Å². The Bertz CT molecular complexity index is 757. The van der Waals surface area contributed by atoms with E-state index in [0.29, 0.717) is 11.8 Å². The van der Waals surface area contributed by atoms with Crippen LogP contribution in [0.3, 0.4) is 0 Å². The zero-order chi connectivity index (χ0) is 20.2. The molecule has 4 fully saturated rings. The minimum absolute atomic E-state index is 0.0860. The van der Waals surface area contributed by atoms with Gasteiger partial charge in [0.15, 0.2) is 6.61 Å². The van der Waals surface area contributed by atoms with Crippen LogP contribution in [0, 0.1) is 24.2 Å². The molecule has 0 N–H and O–H groups in total. The maximum absolute atomic E-state index is 13.2. The van der Waals surface area contributed by atoms with Crippen LogP contribution in [0.2, 0.25) is 0 Å². The van der Waals surface area contributed by atoms with E-state index in [1.54, 1.807) is 0 Å². The zero-order valence-electron chi connectivity index (χ0n) is 17.5. The van der Waals surface area contributed by atoms with Crippen molar-refractivity contribution in [1.29, 1.82) is 0 Å². The molecule has 0 aromatic heterocycles. The van der Waals surface area contributed by atoms with Crippen LogP contribution in [-0.2, 0) is 24.5 Å². The number of esters is 2. The van der Waals surface area contributed by atoms with E-state index < -0.39 is 17.0 Å². The molecule has 0 amide bonds. The zero-order valence-corrected chi connectivity index (χ0v) is 17.5. The van der Waals surface area contributed by atoms with Crippen molar-refractivity contribution in [1.82, 2.24) is 0 Å². The monoisotopic (exact) mass is 384 g/mol. The molecular weight excluding hydrogens is 352 g/mol. The lowest BCUT2D eigenvalue weighted by molar-refractivity contribution is -0.182. The highest BCUT2D eigenvalue weighted by molar-refractivity contribution is 5.81. The van der Waals surface area contributed by atoms with Gasteiger partial charge in [-0.3, -0.25) is 4.79 Å². The second kappa shape index (κ2) is 6.60. The van der Waals surface area contributed by atoms with E-state index in [9.17, 15) is 9.59 Å². The fraction of sp³-hybridized carbons (Fsp3) is 0.667. The van der Waals surface area contributed by atoms with Crippen molar-refractivity contribution >= 4 is 11.9 Å². The van der Waals surface area contributed by atoms with Crippen LogP contribution in [0.15, 0.2) is 24.3 Å². The van der Waals surface area contributed by atoms with Crippen molar-refractivity contribution < 1.29 is 19.1 Å². The topological polar surface area (TPSA) is 52.6 Å². The van der Waals surface area contributed by atoms with Gasteiger partial charge in [0, 0.05) is 0 Å². The highest BCUT2D eigenvalue weighted by Crippen LogP contribution is 2.66. The molecule has 0 heterocycles. The van der Waals surface area contributed by atoms with E-state index in [4.69, 9.17) is 9.47 Å². The van der Waals surface area contributed by atoms with Gasteiger partial charge in [-0.25, -0.2) is 4.79 Å². The minimum Gasteiger partial charge on any atom is -0.457 e. The molecule has 28 heavy (non-hydrogen) atoms. The Morgan fingerprint density at radius 1 is 1.04 bits per heavy atom. The van der Waals surface area contributed by atoms with Gasteiger partial charge in [-0.05, 0) is 89.0 Å². The van der Waals surface area contributed by atoms with E-state index in [0.717, 1.165) is 19.3 Å². The first-order valence-electron chi connectivity index (χ1n) is 10.6. The quantitative estimate of drug-likeness (QED) is 0.705. The number of carbonyl (C=O) groups excluding carboxylic acids is 2. The average molecular weight is 385 g/mol. The number of benzene rings is 1. The van der Waals surface area contributed by atoms with Crippen LogP contribution in [0.5, 0.6) is 0 Å². The fourth-order valence-electron chi connectivity index (χ4n) is 6.39. The highest BCUT2D eigenvalue weighted by Gasteiger charge is 2.61. The molecular formula is C24H32O4. The largest absolute Gasteiger partial charge is 0.457 e. The van der Waals surface area contributed by atoms with Crippen molar-refractivity contribution in [2.45, 2.75) is 77.2 Å². The maximum Gasteiger partial charge on any atom is 0.344 e. The summed E-state index contributed by atoms with van der Waals surface area (Å²) in [6.45, 7) is 7.27. The standard InChI is InChI=1S/C24H32O4/c1-16-5-7-19(8-6-16)23-10-17-9-18(11-23)13-24(12-17,15-23)21(26)27-14-20(25)28-22(2,3)4/h5-8,17-18H,9-15H2,1-4H3. The number of rotatable bonds is 4. The average Bonchev–Trinajstić information content (AvgIpc) is 2.57. The van der Waals surface area contributed by atoms with Crippen LogP contribution < -0.4 is 0 Å². The summed E-state index contributed by atoms with van der Waals surface area (Å²) in [7, 11) is 0. The van der Waals surface area contributed by atoms with Gasteiger partial charge in [0.1, 0.15) is 5.60 Å². The molecule has 1 aromatic rings. The second-order valence-corrected chi connectivity index (χ2v) is 10.6. The Morgan fingerprint density at radius 3 is 2.21 bits per heavy atom. The van der Waals surface area contributed by atoms with Gasteiger partial charge in [0.2, 0.25) is 0 Å². The van der Waals surface area contributed by atoms with Gasteiger partial charge in [-0.2, -0.15) is 0 Å². The molecule has 2 unspecified atom stereocenters. The summed E-state index contributed by atoms with van der Waals surface area (Å²) in [5.74, 6) is 0.496. The van der Waals surface area contributed by atoms with E-state index in [1.807, 2.05) is 20.8 Å². The van der Waals surface area contributed by atoms with Crippen LogP contribution in [0.4, 0.5) is 0 Å². The Balaban J connectivity index is 1.52. The van der Waals surface area contributed by atoms with Gasteiger partial charge in [0.25, 0.3) is 0 Å². The van der Waals surface area contributed by atoms with Crippen LogP contribution in [0.25, 0.3) is 0 Å². The number of aryl methyl sites for hydroxylation is 1. The van der Waals surface area contributed by atoms with Gasteiger partial charge >= 0.3 is 11.9 Å². The first-order valence-corrected chi connectivity index (χ1v) is 10.6. The lowest BCUT2D eigenvalue weighted by Crippen LogP contribution is -2.57. The third-order valence-corrected chi connectivity index (χ3v) is 6.90. The summed E-state index contributed by atoms with van der Waals surface area (Å²) in [6, 6.07) is 8.87. The van der Waals surface area contributed by atoms with E-state index in [-0.39, 0.29) is 18.0 Å². The molecule has 4 heteroatoms. The Morgan fingerprint density at radius 2 is 1.64 bits per heavy atom. The predicted molar refractivity (Wildman–Crippen MR) is 107 cm³/mol. The molecule has 4 saturated carbocycles. The number of ether oxygens (including phenoxy) is 2. The molecule has 5 rings (SSSR count). The molecule has 2 atom stereocenters. The third-order valence-electron chi connectivity index (χ3n) is 6.90. The van der Waals surface area contributed by atoms with Crippen molar-refractivity contribution in [2.24, 2.45) is 17.3 Å². The molecule has 1 aromatic carbocycles. The van der Waals surface area contributed by atoms with Crippen molar-refractivity contribution in [2.75, 3.05) is 6.61 Å². The molecule has 0 aliphatic heterocycles. The lowest BCUT2D eigenvalue weighted by Gasteiger charge is -2.61. The van der Waals surface area contributed by atoms with Crippen LogP contribution >= 0.6 is 0 Å². The predicted octanol–water partition coefficient (Wildman–Crippen LogP) is 4.72. The molecule has 0 saturated heterocycles. The summed E-state index contributed by atoms with van der Waals surface area (Å²) in [4.78, 5) is 25.2. The molecule has 152 valence electrons. The second-order valence-electron chi connectivity index (χ2n) is 10.6. The fourth-order valence-corrected chi connectivity index (χ4v) is 6.39. The van der Waals surface area contributed by atoms with E-state index >= 15 is 0 Å². The van der Waals surface area contributed by atoms with Crippen LogP contribution in [0.1, 0.15) is 70.4 Å². The Labute approximate surface area is 168 Å². The summed E-state index contributed by atoms with van der Waals surface area (Å²) in [6.07, 6.45) is 6.24. The Hall–Kier alpha value is -1.84. The van der Waals surface area contributed by atoms with Gasteiger partial charge < -0.3 is 9.47 Å². The summed E-state index contributed by atoms with van der Waals surface area (Å²) in [5.41, 5.74) is 1.72. The SMILES string of the molecule is Cc1ccc(C23CC4CC(CC(C(=O)OCC(=O)OC(C)(C)C)(C4)C2)C3)cc1. The third kappa shape index (κ3) is 3.58. The van der Waals surface area contributed by atoms with Gasteiger partial charge in [-0.1, -0.05) is 29.8 Å². The molecule has 4 aliphatic rings. The summed E-state index contributed by atoms with van der Waals surface area (Å²) in [5, 5.41) is 0. The molecule has 4 aliphatic carbocycles. The highest BCUT2D eigenvalue weighted by atomic mass is 16.6. The van der Waals surface area contributed by atoms with Crippen molar-refractivity contribution in [3.8, 4) is 0 Å². The van der Waals surface area contributed by atoms with Crippen molar-refractivity contribution in [3.63, 3.8) is 0 Å².